The molecule has 1 aromatic heterocycles. The summed E-state index contributed by atoms with van der Waals surface area (Å²) >= 11 is 0. The summed E-state index contributed by atoms with van der Waals surface area (Å²) in [5.41, 5.74) is 5.66. The number of benzene rings is 1. The highest BCUT2D eigenvalue weighted by molar-refractivity contribution is 6.88. The molecular formula is C14H17F2N3OSi. The van der Waals surface area contributed by atoms with Crippen molar-refractivity contribution < 1.29 is 13.5 Å². The molecule has 0 unspecified atom stereocenters. The molecule has 7 heteroatoms. The largest absolute Gasteiger partial charge is 0.491 e. The van der Waals surface area contributed by atoms with Gasteiger partial charge in [-0.15, -0.1) is 0 Å². The number of hydrogen-bond donors (Lipinski definition) is 1. The summed E-state index contributed by atoms with van der Waals surface area (Å²) in [5, 5.41) is 0.435. The second kappa shape index (κ2) is 5.40. The van der Waals surface area contributed by atoms with Crippen LogP contribution in [0.3, 0.4) is 0 Å². The van der Waals surface area contributed by atoms with Gasteiger partial charge in [-0.25, -0.2) is 18.7 Å². The van der Waals surface area contributed by atoms with Gasteiger partial charge >= 0.3 is 0 Å². The van der Waals surface area contributed by atoms with Gasteiger partial charge < -0.3 is 10.5 Å². The van der Waals surface area contributed by atoms with Crippen molar-refractivity contribution in [3.8, 4) is 17.1 Å². The van der Waals surface area contributed by atoms with E-state index in [1.165, 1.54) is 19.4 Å². The predicted octanol–water partition coefficient (Wildman–Crippen LogP) is 2.56. The van der Waals surface area contributed by atoms with Crippen LogP contribution in [0.2, 0.25) is 19.6 Å². The van der Waals surface area contributed by atoms with Gasteiger partial charge in [-0.05, 0) is 11.3 Å². The molecule has 0 fully saturated rings. The number of aromatic nitrogens is 2. The van der Waals surface area contributed by atoms with Crippen LogP contribution in [0.4, 0.5) is 14.6 Å². The van der Waals surface area contributed by atoms with Crippen LogP contribution in [0.15, 0.2) is 18.3 Å². The Morgan fingerprint density at radius 2 is 1.81 bits per heavy atom. The molecule has 1 heterocycles. The Balaban J connectivity index is 2.56. The number of ether oxygens (including phenoxy) is 1. The number of nitrogens with two attached hydrogens (primary N) is 1. The molecule has 0 saturated heterocycles. The van der Waals surface area contributed by atoms with E-state index in [1.54, 1.807) is 6.07 Å². The van der Waals surface area contributed by atoms with Gasteiger partial charge in [0, 0.05) is 0 Å². The van der Waals surface area contributed by atoms with E-state index in [9.17, 15) is 8.78 Å². The van der Waals surface area contributed by atoms with E-state index in [-0.39, 0.29) is 17.2 Å². The first-order valence-corrected chi connectivity index (χ1v) is 9.91. The molecule has 2 rings (SSSR count). The Hall–Kier alpha value is -2.02. The topological polar surface area (TPSA) is 61.0 Å². The van der Waals surface area contributed by atoms with Crippen LogP contribution >= 0.6 is 0 Å². The van der Waals surface area contributed by atoms with Gasteiger partial charge in [0.25, 0.3) is 0 Å². The summed E-state index contributed by atoms with van der Waals surface area (Å²) in [6.45, 7) is 5.85. The van der Waals surface area contributed by atoms with Crippen molar-refractivity contribution in [3.63, 3.8) is 0 Å². The molecule has 112 valence electrons. The third-order valence-electron chi connectivity index (χ3n) is 3.13. The van der Waals surface area contributed by atoms with Crippen molar-refractivity contribution in [3.05, 3.63) is 30.0 Å². The van der Waals surface area contributed by atoms with E-state index in [0.717, 1.165) is 0 Å². The molecule has 0 saturated carbocycles. The van der Waals surface area contributed by atoms with Crippen LogP contribution in [0.5, 0.6) is 5.75 Å². The lowest BCUT2D eigenvalue weighted by molar-refractivity contribution is 0.413. The number of nitrogens with zero attached hydrogens (tertiary/aromatic N) is 2. The van der Waals surface area contributed by atoms with Gasteiger partial charge in [0.05, 0.1) is 26.9 Å². The van der Waals surface area contributed by atoms with E-state index >= 15 is 0 Å². The maximum atomic E-state index is 14.3. The minimum atomic E-state index is -1.96. The normalized spacial score (nSPS) is 11.5. The molecule has 0 atom stereocenters. The van der Waals surface area contributed by atoms with Crippen molar-refractivity contribution in [1.29, 1.82) is 0 Å². The minimum absolute atomic E-state index is 0.0103. The van der Waals surface area contributed by atoms with Gasteiger partial charge in [0.15, 0.2) is 29.0 Å². The van der Waals surface area contributed by atoms with Crippen molar-refractivity contribution in [2.75, 3.05) is 12.8 Å². The summed E-state index contributed by atoms with van der Waals surface area (Å²) < 4.78 is 33.5. The van der Waals surface area contributed by atoms with Crippen molar-refractivity contribution >= 4 is 19.1 Å². The highest BCUT2D eigenvalue weighted by Crippen LogP contribution is 2.25. The van der Waals surface area contributed by atoms with E-state index in [2.05, 4.69) is 9.97 Å². The Bertz CT molecular complexity index is 687. The summed E-state index contributed by atoms with van der Waals surface area (Å²) in [5.74, 6) is -1.37. The quantitative estimate of drug-likeness (QED) is 0.885. The zero-order valence-electron chi connectivity index (χ0n) is 12.4. The Labute approximate surface area is 123 Å². The average Bonchev–Trinajstić information content (AvgIpc) is 2.40. The van der Waals surface area contributed by atoms with Crippen LogP contribution < -0.4 is 15.7 Å². The lowest BCUT2D eigenvalue weighted by Gasteiger charge is -2.18. The van der Waals surface area contributed by atoms with Gasteiger partial charge in [-0.1, -0.05) is 25.7 Å². The van der Waals surface area contributed by atoms with Crippen LogP contribution in [0.25, 0.3) is 11.4 Å². The fourth-order valence-corrected chi connectivity index (χ4v) is 3.32. The highest BCUT2D eigenvalue weighted by atomic mass is 28.3. The minimum Gasteiger partial charge on any atom is -0.491 e. The number of anilines is 1. The Kier molecular flexibility index (Phi) is 3.95. The molecule has 0 spiro atoms. The third-order valence-corrected chi connectivity index (χ3v) is 5.14. The molecule has 1 aromatic carbocycles. The van der Waals surface area contributed by atoms with E-state index in [1.807, 2.05) is 19.6 Å². The molecule has 2 aromatic rings. The van der Waals surface area contributed by atoms with E-state index in [0.29, 0.717) is 10.9 Å². The molecule has 4 nitrogen and oxygen atoms in total. The van der Waals surface area contributed by atoms with Gasteiger partial charge in [0.2, 0.25) is 0 Å². The number of halogens is 2. The third kappa shape index (κ3) is 2.87. The van der Waals surface area contributed by atoms with Crippen LogP contribution in [0.1, 0.15) is 0 Å². The van der Waals surface area contributed by atoms with Gasteiger partial charge in [-0.2, -0.15) is 0 Å². The number of hydrogen-bond acceptors (Lipinski definition) is 4. The standard InChI is InChI=1S/C14H17F2N3OSi/c1-20-9-7-18-14(19-13(9)17)8-5-6-10(21(2,3)4)12(16)11(8)15/h5-7H,1-4H3,(H2,17,18,19). The molecule has 0 aliphatic carbocycles. The zero-order valence-corrected chi connectivity index (χ0v) is 13.4. The predicted molar refractivity (Wildman–Crippen MR) is 81.3 cm³/mol. The first-order chi connectivity index (χ1) is 9.75. The number of methoxy groups -OCH3 is 1. The van der Waals surface area contributed by atoms with Crippen LogP contribution in [0, 0.1) is 11.6 Å². The summed E-state index contributed by atoms with van der Waals surface area (Å²) in [6.07, 6.45) is 1.33. The molecule has 0 bridgehead atoms. The van der Waals surface area contributed by atoms with Crippen molar-refractivity contribution in [2.24, 2.45) is 0 Å². The van der Waals surface area contributed by atoms with E-state index < -0.39 is 19.7 Å². The lowest BCUT2D eigenvalue weighted by atomic mass is 10.2. The molecular weight excluding hydrogens is 292 g/mol. The zero-order chi connectivity index (χ0) is 15.8. The second-order valence-electron chi connectivity index (χ2n) is 5.69. The van der Waals surface area contributed by atoms with Crippen LogP contribution in [-0.4, -0.2) is 25.2 Å². The first-order valence-electron chi connectivity index (χ1n) is 6.41. The highest BCUT2D eigenvalue weighted by Gasteiger charge is 2.25. The molecule has 0 aliphatic rings. The van der Waals surface area contributed by atoms with Crippen molar-refractivity contribution in [2.45, 2.75) is 19.6 Å². The Morgan fingerprint density at radius 3 is 2.33 bits per heavy atom. The molecule has 0 aliphatic heterocycles. The van der Waals surface area contributed by atoms with Crippen molar-refractivity contribution in [1.82, 2.24) is 9.97 Å². The Morgan fingerprint density at radius 1 is 1.14 bits per heavy atom. The maximum absolute atomic E-state index is 14.3. The SMILES string of the molecule is COc1cnc(-c2ccc([Si](C)(C)C)c(F)c2F)nc1N. The summed E-state index contributed by atoms with van der Waals surface area (Å²) in [6, 6.07) is 3.09. The lowest BCUT2D eigenvalue weighted by Crippen LogP contribution is -2.40. The van der Waals surface area contributed by atoms with Gasteiger partial charge in [-0.3, -0.25) is 0 Å². The second-order valence-corrected chi connectivity index (χ2v) is 10.7. The average molecular weight is 309 g/mol. The smallest absolute Gasteiger partial charge is 0.179 e. The van der Waals surface area contributed by atoms with E-state index in [4.69, 9.17) is 10.5 Å². The number of nitrogen functional groups attached to an aromatic ring is 1. The monoisotopic (exact) mass is 309 g/mol. The fraction of sp³-hybridized carbons (Fsp3) is 0.286. The fourth-order valence-electron chi connectivity index (χ4n) is 1.97. The first kappa shape index (κ1) is 15.4. The molecule has 0 radical (unpaired) electrons. The maximum Gasteiger partial charge on any atom is 0.179 e. The molecule has 21 heavy (non-hydrogen) atoms. The summed E-state index contributed by atoms with van der Waals surface area (Å²) in [7, 11) is -0.531. The van der Waals surface area contributed by atoms with Gasteiger partial charge in [0.1, 0.15) is 0 Å². The van der Waals surface area contributed by atoms with Crippen LogP contribution in [-0.2, 0) is 0 Å². The summed E-state index contributed by atoms with van der Waals surface area (Å²) in [4.78, 5) is 7.92. The molecule has 2 N–H and O–H groups in total. The molecule has 0 amide bonds. The number of rotatable bonds is 3.